The Labute approximate surface area is 139 Å². The second kappa shape index (κ2) is 5.47. The third-order valence-electron chi connectivity index (χ3n) is 4.80. The summed E-state index contributed by atoms with van der Waals surface area (Å²) in [6, 6.07) is 15.4. The fraction of sp³-hybridized carbons (Fsp3) is 0.263. The van der Waals surface area contributed by atoms with Crippen molar-refractivity contribution >= 4 is 21.6 Å². The highest BCUT2D eigenvalue weighted by molar-refractivity contribution is 9.10. The summed E-state index contributed by atoms with van der Waals surface area (Å²) < 4.78 is 6.52. The summed E-state index contributed by atoms with van der Waals surface area (Å²) in [5, 5.41) is 3.74. The van der Waals surface area contributed by atoms with E-state index in [1.807, 2.05) is 6.07 Å². The van der Waals surface area contributed by atoms with Gasteiger partial charge in [0.1, 0.15) is 5.75 Å². The quantitative estimate of drug-likeness (QED) is 0.739. The molecule has 0 radical (unpaired) electrons. The van der Waals surface area contributed by atoms with Crippen LogP contribution in [-0.2, 0) is 0 Å². The molecular formula is C19H18BrNO. The second-order valence-electron chi connectivity index (χ2n) is 5.98. The van der Waals surface area contributed by atoms with Gasteiger partial charge in [-0.05, 0) is 53.8 Å². The molecule has 0 saturated carbocycles. The van der Waals surface area contributed by atoms with Crippen LogP contribution in [0.25, 0.3) is 0 Å². The van der Waals surface area contributed by atoms with Gasteiger partial charge < -0.3 is 10.1 Å². The lowest BCUT2D eigenvalue weighted by Crippen LogP contribution is -2.29. The van der Waals surface area contributed by atoms with Gasteiger partial charge in [-0.3, -0.25) is 0 Å². The minimum Gasteiger partial charge on any atom is -0.497 e. The van der Waals surface area contributed by atoms with E-state index < -0.39 is 0 Å². The second-order valence-corrected chi connectivity index (χ2v) is 6.90. The van der Waals surface area contributed by atoms with Crippen LogP contribution in [0, 0.1) is 5.92 Å². The number of benzene rings is 2. The third kappa shape index (κ3) is 2.24. The van der Waals surface area contributed by atoms with Crippen LogP contribution in [0.2, 0.25) is 0 Å². The molecule has 2 aromatic carbocycles. The maximum absolute atomic E-state index is 5.40. The Bertz CT molecular complexity index is 723. The third-order valence-corrected chi connectivity index (χ3v) is 5.33. The number of fused-ring (bicyclic) bond motifs is 3. The van der Waals surface area contributed by atoms with Crippen molar-refractivity contribution in [3.63, 3.8) is 0 Å². The number of halogens is 1. The normalized spacial score (nSPS) is 25.3. The van der Waals surface area contributed by atoms with Crippen molar-refractivity contribution in [2.75, 3.05) is 12.4 Å². The number of allylic oxidation sites excluding steroid dienone is 2. The fourth-order valence-corrected chi connectivity index (χ4v) is 3.96. The molecule has 0 spiro atoms. The largest absolute Gasteiger partial charge is 0.497 e. The first kappa shape index (κ1) is 13.9. The van der Waals surface area contributed by atoms with Gasteiger partial charge in [-0.1, -0.05) is 40.2 Å². The van der Waals surface area contributed by atoms with E-state index >= 15 is 0 Å². The van der Waals surface area contributed by atoms with Gasteiger partial charge in [0, 0.05) is 16.1 Å². The Morgan fingerprint density at radius 1 is 1.14 bits per heavy atom. The van der Waals surface area contributed by atoms with Crippen LogP contribution in [0.3, 0.4) is 0 Å². The van der Waals surface area contributed by atoms with Gasteiger partial charge in [-0.15, -0.1) is 0 Å². The first-order chi connectivity index (χ1) is 10.8. The summed E-state index contributed by atoms with van der Waals surface area (Å²) in [5.41, 5.74) is 3.93. The zero-order chi connectivity index (χ0) is 15.1. The predicted molar refractivity (Wildman–Crippen MR) is 93.5 cm³/mol. The number of nitrogens with one attached hydrogen (secondary N) is 1. The summed E-state index contributed by atoms with van der Waals surface area (Å²) in [4.78, 5) is 0. The maximum atomic E-state index is 5.40. The van der Waals surface area contributed by atoms with Crippen LogP contribution in [0.15, 0.2) is 59.1 Å². The van der Waals surface area contributed by atoms with Crippen molar-refractivity contribution in [3.05, 3.63) is 70.2 Å². The van der Waals surface area contributed by atoms with Crippen LogP contribution in [0.4, 0.5) is 5.69 Å². The molecule has 4 rings (SSSR count). The molecule has 2 aliphatic rings. The Morgan fingerprint density at radius 2 is 1.95 bits per heavy atom. The molecule has 0 bridgehead atoms. The Balaban J connectivity index is 1.76. The molecule has 3 heteroatoms. The number of hydrogen-bond acceptors (Lipinski definition) is 2. The van der Waals surface area contributed by atoms with Crippen molar-refractivity contribution in [2.45, 2.75) is 18.4 Å². The monoisotopic (exact) mass is 355 g/mol. The van der Waals surface area contributed by atoms with Gasteiger partial charge in [0.2, 0.25) is 0 Å². The molecule has 1 aliphatic heterocycles. The van der Waals surface area contributed by atoms with E-state index in [0.717, 1.165) is 16.6 Å². The average molecular weight is 356 g/mol. The van der Waals surface area contributed by atoms with E-state index in [1.54, 1.807) is 7.11 Å². The van der Waals surface area contributed by atoms with Gasteiger partial charge in [-0.25, -0.2) is 0 Å². The average Bonchev–Trinajstić information content (AvgIpc) is 3.04. The maximum Gasteiger partial charge on any atom is 0.119 e. The van der Waals surface area contributed by atoms with Gasteiger partial charge >= 0.3 is 0 Å². The Morgan fingerprint density at radius 3 is 2.73 bits per heavy atom. The van der Waals surface area contributed by atoms with Crippen LogP contribution < -0.4 is 10.1 Å². The van der Waals surface area contributed by atoms with E-state index in [0.29, 0.717) is 17.9 Å². The standard InChI is InChI=1S/C19H18BrNO/c1-22-14-9-10-18-17(11-14)15-3-2-4-16(15)19(21-18)12-5-7-13(20)8-6-12/h2-3,5-11,15-16,19,21H,4H2,1H3. The van der Waals surface area contributed by atoms with Crippen LogP contribution >= 0.6 is 15.9 Å². The van der Waals surface area contributed by atoms with Gasteiger partial charge in [-0.2, -0.15) is 0 Å². The van der Waals surface area contributed by atoms with E-state index in [-0.39, 0.29) is 0 Å². The zero-order valence-electron chi connectivity index (χ0n) is 12.4. The molecule has 2 nitrogen and oxygen atoms in total. The molecule has 112 valence electrons. The van der Waals surface area contributed by atoms with Gasteiger partial charge in [0.15, 0.2) is 0 Å². The molecule has 2 aromatic rings. The summed E-state index contributed by atoms with van der Waals surface area (Å²) in [6.45, 7) is 0. The molecule has 3 unspecified atom stereocenters. The molecule has 22 heavy (non-hydrogen) atoms. The van der Waals surface area contributed by atoms with Crippen molar-refractivity contribution in [2.24, 2.45) is 5.92 Å². The molecule has 0 fully saturated rings. The highest BCUT2D eigenvalue weighted by Crippen LogP contribution is 2.50. The molecular weight excluding hydrogens is 338 g/mol. The lowest BCUT2D eigenvalue weighted by molar-refractivity contribution is 0.405. The number of methoxy groups -OCH3 is 1. The van der Waals surface area contributed by atoms with Crippen LogP contribution in [0.5, 0.6) is 5.75 Å². The van der Waals surface area contributed by atoms with Crippen molar-refractivity contribution in [1.29, 1.82) is 0 Å². The number of hydrogen-bond donors (Lipinski definition) is 1. The fourth-order valence-electron chi connectivity index (χ4n) is 3.70. The van der Waals surface area contributed by atoms with Crippen molar-refractivity contribution in [3.8, 4) is 5.75 Å². The number of ether oxygens (including phenoxy) is 1. The van der Waals surface area contributed by atoms with Crippen LogP contribution in [-0.4, -0.2) is 7.11 Å². The van der Waals surface area contributed by atoms with E-state index in [4.69, 9.17) is 4.74 Å². The molecule has 0 aromatic heterocycles. The van der Waals surface area contributed by atoms with Gasteiger partial charge in [0.05, 0.1) is 13.2 Å². The highest BCUT2D eigenvalue weighted by atomic mass is 79.9. The minimum absolute atomic E-state index is 0.356. The predicted octanol–water partition coefficient (Wildman–Crippen LogP) is 5.28. The zero-order valence-corrected chi connectivity index (χ0v) is 14.0. The Kier molecular flexibility index (Phi) is 3.45. The lowest BCUT2D eigenvalue weighted by atomic mass is 9.77. The summed E-state index contributed by atoms with van der Waals surface area (Å²) in [7, 11) is 1.73. The number of anilines is 1. The molecule has 0 saturated heterocycles. The topological polar surface area (TPSA) is 21.3 Å². The summed E-state index contributed by atoms with van der Waals surface area (Å²) in [6.07, 6.45) is 5.79. The van der Waals surface area contributed by atoms with E-state index in [2.05, 4.69) is 69.8 Å². The van der Waals surface area contributed by atoms with Crippen LogP contribution in [0.1, 0.15) is 29.5 Å². The first-order valence-corrected chi connectivity index (χ1v) is 8.42. The molecule has 0 amide bonds. The van der Waals surface area contributed by atoms with Crippen molar-refractivity contribution in [1.82, 2.24) is 0 Å². The SMILES string of the molecule is COc1ccc2c(c1)C1C=CCC1C(c1ccc(Br)cc1)N2. The van der Waals surface area contributed by atoms with Crippen molar-refractivity contribution < 1.29 is 4.74 Å². The smallest absolute Gasteiger partial charge is 0.119 e. The van der Waals surface area contributed by atoms with E-state index in [9.17, 15) is 0 Å². The molecule has 3 atom stereocenters. The highest BCUT2D eigenvalue weighted by Gasteiger charge is 2.37. The molecule has 1 N–H and O–H groups in total. The summed E-state index contributed by atoms with van der Waals surface area (Å²) in [5.74, 6) is 1.97. The summed E-state index contributed by atoms with van der Waals surface area (Å²) >= 11 is 3.52. The molecule has 1 aliphatic carbocycles. The van der Waals surface area contributed by atoms with E-state index in [1.165, 1.54) is 16.8 Å². The Hall–Kier alpha value is -1.74. The number of rotatable bonds is 2. The minimum atomic E-state index is 0.356. The lowest BCUT2D eigenvalue weighted by Gasteiger charge is -2.37. The molecule has 1 heterocycles. The van der Waals surface area contributed by atoms with Gasteiger partial charge in [0.25, 0.3) is 0 Å². The first-order valence-electron chi connectivity index (χ1n) is 7.63.